The summed E-state index contributed by atoms with van der Waals surface area (Å²) in [5, 5.41) is 12.0. The third kappa shape index (κ3) is 6.34. The molecule has 0 aliphatic heterocycles. The summed E-state index contributed by atoms with van der Waals surface area (Å²) in [4.78, 5) is 24.8. The molecule has 1 atom stereocenters. The van der Waals surface area contributed by atoms with Gasteiger partial charge in [-0.15, -0.1) is 0 Å². The lowest BCUT2D eigenvalue weighted by Gasteiger charge is -2.14. The molecular formula is C24H26N2O5. The van der Waals surface area contributed by atoms with Crippen LogP contribution in [-0.2, 0) is 14.3 Å². The van der Waals surface area contributed by atoms with Crippen LogP contribution in [0.15, 0.2) is 48.0 Å². The van der Waals surface area contributed by atoms with Crippen LogP contribution >= 0.6 is 0 Å². The molecule has 0 saturated heterocycles. The van der Waals surface area contributed by atoms with E-state index in [-0.39, 0.29) is 5.57 Å². The van der Waals surface area contributed by atoms with Gasteiger partial charge < -0.3 is 19.5 Å². The highest BCUT2D eigenvalue weighted by Gasteiger charge is 2.21. The molecule has 0 fully saturated rings. The molecule has 7 nitrogen and oxygen atoms in total. The van der Waals surface area contributed by atoms with Gasteiger partial charge in [0.15, 0.2) is 17.6 Å². The average Bonchev–Trinajstić information content (AvgIpc) is 2.77. The van der Waals surface area contributed by atoms with Crippen molar-refractivity contribution < 1.29 is 23.8 Å². The lowest BCUT2D eigenvalue weighted by Crippen LogP contribution is -2.30. The van der Waals surface area contributed by atoms with E-state index in [9.17, 15) is 14.9 Å². The monoisotopic (exact) mass is 422 g/mol. The molecular weight excluding hydrogens is 396 g/mol. The normalized spacial score (nSPS) is 12.0. The van der Waals surface area contributed by atoms with E-state index in [1.54, 1.807) is 18.2 Å². The van der Waals surface area contributed by atoms with E-state index in [2.05, 4.69) is 19.2 Å². The van der Waals surface area contributed by atoms with Crippen molar-refractivity contribution >= 4 is 23.6 Å². The van der Waals surface area contributed by atoms with Crippen LogP contribution in [0.2, 0.25) is 0 Å². The number of nitrogens with zero attached hydrogens (tertiary/aromatic N) is 1. The highest BCUT2D eigenvalue weighted by atomic mass is 16.5. The van der Waals surface area contributed by atoms with Crippen molar-refractivity contribution in [3.8, 4) is 17.6 Å². The molecule has 0 bridgehead atoms. The van der Waals surface area contributed by atoms with Gasteiger partial charge >= 0.3 is 5.97 Å². The Hall–Kier alpha value is -3.79. The third-order valence-electron chi connectivity index (χ3n) is 4.56. The van der Waals surface area contributed by atoms with Crippen LogP contribution in [0.4, 0.5) is 5.69 Å². The molecule has 0 radical (unpaired) electrons. The fraction of sp³-hybridized carbons (Fsp3) is 0.292. The number of ether oxygens (including phenoxy) is 3. The Balaban J connectivity index is 2.05. The Morgan fingerprint density at radius 1 is 1.00 bits per heavy atom. The topological polar surface area (TPSA) is 97.6 Å². The molecule has 0 aromatic heterocycles. The number of benzene rings is 2. The maximum atomic E-state index is 12.4. The van der Waals surface area contributed by atoms with Crippen molar-refractivity contribution in [1.29, 1.82) is 5.26 Å². The van der Waals surface area contributed by atoms with E-state index in [1.165, 1.54) is 27.2 Å². The van der Waals surface area contributed by atoms with E-state index >= 15 is 0 Å². The highest BCUT2D eigenvalue weighted by molar-refractivity contribution is 6.01. The number of anilines is 1. The van der Waals surface area contributed by atoms with Gasteiger partial charge in [0.2, 0.25) is 0 Å². The molecule has 162 valence electrons. The molecule has 2 rings (SSSR count). The number of nitriles is 1. The number of amides is 1. The van der Waals surface area contributed by atoms with Crippen molar-refractivity contribution in [2.75, 3.05) is 19.5 Å². The van der Waals surface area contributed by atoms with E-state index in [0.717, 1.165) is 5.56 Å². The van der Waals surface area contributed by atoms with Gasteiger partial charge in [-0.1, -0.05) is 38.1 Å². The second-order valence-corrected chi connectivity index (χ2v) is 7.10. The molecule has 0 heterocycles. The van der Waals surface area contributed by atoms with E-state index < -0.39 is 18.0 Å². The smallest absolute Gasteiger partial charge is 0.349 e. The van der Waals surface area contributed by atoms with Gasteiger partial charge in [0.1, 0.15) is 11.6 Å². The number of esters is 1. The molecule has 31 heavy (non-hydrogen) atoms. The van der Waals surface area contributed by atoms with Gasteiger partial charge in [0.25, 0.3) is 5.91 Å². The second-order valence-electron chi connectivity index (χ2n) is 7.10. The van der Waals surface area contributed by atoms with Crippen LogP contribution in [0.5, 0.6) is 11.5 Å². The van der Waals surface area contributed by atoms with Gasteiger partial charge in [-0.2, -0.15) is 5.26 Å². The van der Waals surface area contributed by atoms with Gasteiger partial charge in [-0.25, -0.2) is 4.79 Å². The maximum absolute atomic E-state index is 12.4. The fourth-order valence-electron chi connectivity index (χ4n) is 2.72. The zero-order valence-corrected chi connectivity index (χ0v) is 18.3. The SMILES string of the molecule is COc1ccc(NC(=O)[C@H](C)OC(=O)/C(C#N)=C/c2ccc(C(C)C)cc2)cc1OC. The number of methoxy groups -OCH3 is 2. The predicted octanol–water partition coefficient (Wildman–Crippen LogP) is 4.30. The summed E-state index contributed by atoms with van der Waals surface area (Å²) in [6.07, 6.45) is 0.325. The zero-order valence-electron chi connectivity index (χ0n) is 18.3. The summed E-state index contributed by atoms with van der Waals surface area (Å²) in [6.45, 7) is 5.59. The van der Waals surface area contributed by atoms with Crippen molar-refractivity contribution in [2.45, 2.75) is 32.8 Å². The van der Waals surface area contributed by atoms with Crippen LogP contribution in [0.25, 0.3) is 6.08 Å². The van der Waals surface area contributed by atoms with Crippen LogP contribution in [0.1, 0.15) is 37.8 Å². The van der Waals surface area contributed by atoms with Crippen LogP contribution < -0.4 is 14.8 Å². The molecule has 1 N–H and O–H groups in total. The molecule has 0 saturated carbocycles. The largest absolute Gasteiger partial charge is 0.493 e. The summed E-state index contributed by atoms with van der Waals surface area (Å²) in [5.41, 5.74) is 2.11. The van der Waals surface area contributed by atoms with E-state index in [4.69, 9.17) is 14.2 Å². The molecule has 2 aromatic rings. The molecule has 0 aliphatic rings. The average molecular weight is 422 g/mol. The minimum absolute atomic E-state index is 0.192. The summed E-state index contributed by atoms with van der Waals surface area (Å²) >= 11 is 0. The first kappa shape index (κ1) is 23.5. The summed E-state index contributed by atoms with van der Waals surface area (Å²) in [7, 11) is 3.00. The van der Waals surface area contributed by atoms with Crippen LogP contribution in [0, 0.1) is 11.3 Å². The van der Waals surface area contributed by atoms with Gasteiger partial charge in [-0.05, 0) is 42.2 Å². The summed E-state index contributed by atoms with van der Waals surface area (Å²) in [6, 6.07) is 14.2. The lowest BCUT2D eigenvalue weighted by atomic mass is 10.0. The van der Waals surface area contributed by atoms with Crippen molar-refractivity contribution in [3.63, 3.8) is 0 Å². The number of carbonyl (C=O) groups excluding carboxylic acids is 2. The molecule has 1 amide bonds. The summed E-state index contributed by atoms with van der Waals surface area (Å²) in [5.74, 6) is -0.0682. The van der Waals surface area contributed by atoms with Crippen LogP contribution in [0.3, 0.4) is 0 Å². The summed E-state index contributed by atoms with van der Waals surface area (Å²) < 4.78 is 15.5. The first-order valence-corrected chi connectivity index (χ1v) is 9.74. The quantitative estimate of drug-likeness (QED) is 0.387. The molecule has 0 aliphatic carbocycles. The van der Waals surface area contributed by atoms with Crippen LogP contribution in [-0.4, -0.2) is 32.2 Å². The Bertz CT molecular complexity index is 1000. The van der Waals surface area contributed by atoms with Gasteiger partial charge in [-0.3, -0.25) is 4.79 Å². The lowest BCUT2D eigenvalue weighted by molar-refractivity contribution is -0.148. The van der Waals surface area contributed by atoms with E-state index in [0.29, 0.717) is 28.7 Å². The maximum Gasteiger partial charge on any atom is 0.349 e. The number of hydrogen-bond donors (Lipinski definition) is 1. The predicted molar refractivity (Wildman–Crippen MR) is 118 cm³/mol. The number of rotatable bonds is 8. The molecule has 2 aromatic carbocycles. The Labute approximate surface area is 182 Å². The Kier molecular flexibility index (Phi) is 8.21. The van der Waals surface area contributed by atoms with E-state index in [1.807, 2.05) is 30.3 Å². The third-order valence-corrected chi connectivity index (χ3v) is 4.56. The zero-order chi connectivity index (χ0) is 23.0. The first-order valence-electron chi connectivity index (χ1n) is 9.74. The number of nitrogens with one attached hydrogen (secondary N) is 1. The Morgan fingerprint density at radius 3 is 2.19 bits per heavy atom. The van der Waals surface area contributed by atoms with Crippen molar-refractivity contribution in [3.05, 3.63) is 59.2 Å². The molecule has 7 heteroatoms. The standard InChI is InChI=1S/C24H26N2O5/c1-15(2)18-8-6-17(7-9-18)12-19(14-25)24(28)31-16(3)23(27)26-20-10-11-21(29-4)22(13-20)30-5/h6-13,15-16H,1-5H3,(H,26,27)/b19-12+/t16-/m0/s1. The minimum atomic E-state index is -1.11. The second kappa shape index (κ2) is 10.8. The van der Waals surface area contributed by atoms with Crippen molar-refractivity contribution in [1.82, 2.24) is 0 Å². The number of hydrogen-bond acceptors (Lipinski definition) is 6. The Morgan fingerprint density at radius 2 is 1.65 bits per heavy atom. The molecule has 0 spiro atoms. The fourth-order valence-corrected chi connectivity index (χ4v) is 2.72. The first-order chi connectivity index (χ1) is 14.8. The minimum Gasteiger partial charge on any atom is -0.493 e. The number of carbonyl (C=O) groups is 2. The van der Waals surface area contributed by atoms with Crippen molar-refractivity contribution in [2.24, 2.45) is 0 Å². The van der Waals surface area contributed by atoms with Gasteiger partial charge in [0.05, 0.1) is 14.2 Å². The highest BCUT2D eigenvalue weighted by Crippen LogP contribution is 2.29. The van der Waals surface area contributed by atoms with Gasteiger partial charge in [0, 0.05) is 11.8 Å². The molecule has 0 unspecified atom stereocenters.